The summed E-state index contributed by atoms with van der Waals surface area (Å²) < 4.78 is 0. The molecule has 0 saturated carbocycles. The van der Waals surface area contributed by atoms with E-state index in [4.69, 9.17) is 0 Å². The van der Waals surface area contributed by atoms with Crippen LogP contribution in [0.4, 0.5) is 0 Å². The van der Waals surface area contributed by atoms with Crippen molar-refractivity contribution in [2.75, 3.05) is 19.6 Å². The largest absolute Gasteiger partial charge is 0.314 e. The Kier molecular flexibility index (Phi) is 7.14. The van der Waals surface area contributed by atoms with Gasteiger partial charge < -0.3 is 10.2 Å². The van der Waals surface area contributed by atoms with Crippen LogP contribution in [0.25, 0.3) is 0 Å². The fourth-order valence-corrected chi connectivity index (χ4v) is 3.04. The Bertz CT molecular complexity index is 193. The van der Waals surface area contributed by atoms with Crippen LogP contribution in [0.2, 0.25) is 0 Å². The molecule has 1 aliphatic rings. The first-order chi connectivity index (χ1) is 8.17. The number of nitrogens with one attached hydrogen (secondary N) is 1. The molecule has 1 saturated heterocycles. The summed E-state index contributed by atoms with van der Waals surface area (Å²) in [4.78, 5) is 2.68. The van der Waals surface area contributed by atoms with Crippen LogP contribution < -0.4 is 5.32 Å². The van der Waals surface area contributed by atoms with Crippen molar-refractivity contribution in [1.82, 2.24) is 10.2 Å². The first kappa shape index (κ1) is 15.0. The minimum Gasteiger partial charge on any atom is -0.314 e. The Morgan fingerprint density at radius 3 is 2.59 bits per heavy atom. The maximum atomic E-state index is 3.65. The molecule has 3 atom stereocenters. The highest BCUT2D eigenvalue weighted by Crippen LogP contribution is 2.22. The van der Waals surface area contributed by atoms with E-state index in [0.717, 1.165) is 18.0 Å². The van der Waals surface area contributed by atoms with Crippen LogP contribution in [0.15, 0.2) is 0 Å². The van der Waals surface area contributed by atoms with Crippen molar-refractivity contribution in [3.8, 4) is 0 Å². The lowest BCUT2D eigenvalue weighted by Gasteiger charge is -2.23. The quantitative estimate of drug-likeness (QED) is 0.700. The van der Waals surface area contributed by atoms with Crippen molar-refractivity contribution < 1.29 is 0 Å². The molecule has 0 radical (unpaired) electrons. The van der Waals surface area contributed by atoms with Gasteiger partial charge in [0.2, 0.25) is 0 Å². The Hall–Kier alpha value is -0.0800. The van der Waals surface area contributed by atoms with Crippen LogP contribution in [0, 0.1) is 5.92 Å². The van der Waals surface area contributed by atoms with Gasteiger partial charge in [-0.2, -0.15) is 0 Å². The molecular formula is C15H32N2. The average Bonchev–Trinajstić information content (AvgIpc) is 2.62. The summed E-state index contributed by atoms with van der Waals surface area (Å²) in [6, 6.07) is 1.55. The molecular weight excluding hydrogens is 208 g/mol. The van der Waals surface area contributed by atoms with Gasteiger partial charge in [0.05, 0.1) is 0 Å². The second-order valence-electron chi connectivity index (χ2n) is 5.89. The van der Waals surface area contributed by atoms with E-state index in [1.165, 1.54) is 51.7 Å². The molecule has 17 heavy (non-hydrogen) atoms. The first-order valence-electron chi connectivity index (χ1n) is 7.64. The maximum absolute atomic E-state index is 3.65. The minimum atomic E-state index is 0.741. The average molecular weight is 240 g/mol. The molecule has 1 aliphatic heterocycles. The van der Waals surface area contributed by atoms with Gasteiger partial charge in [-0.3, -0.25) is 0 Å². The van der Waals surface area contributed by atoms with E-state index >= 15 is 0 Å². The van der Waals surface area contributed by atoms with Crippen LogP contribution in [0.3, 0.4) is 0 Å². The summed E-state index contributed by atoms with van der Waals surface area (Å²) in [7, 11) is 0. The van der Waals surface area contributed by atoms with E-state index in [-0.39, 0.29) is 0 Å². The molecule has 1 N–H and O–H groups in total. The summed E-state index contributed by atoms with van der Waals surface area (Å²) >= 11 is 0. The molecule has 0 aromatic carbocycles. The third kappa shape index (κ3) is 5.39. The lowest BCUT2D eigenvalue weighted by Crippen LogP contribution is -2.32. The number of nitrogens with zero attached hydrogens (tertiary/aromatic N) is 1. The zero-order valence-electron chi connectivity index (χ0n) is 12.3. The lowest BCUT2D eigenvalue weighted by molar-refractivity contribution is 0.253. The SMILES string of the molecule is CCCNC(CC)CCCN1CC(C)CC1C. The second kappa shape index (κ2) is 8.10. The molecule has 1 fully saturated rings. The van der Waals surface area contributed by atoms with Crippen molar-refractivity contribution in [1.29, 1.82) is 0 Å². The van der Waals surface area contributed by atoms with Gasteiger partial charge in [0.1, 0.15) is 0 Å². The number of likely N-dealkylation sites (tertiary alicyclic amines) is 1. The monoisotopic (exact) mass is 240 g/mol. The van der Waals surface area contributed by atoms with Gasteiger partial charge in [-0.1, -0.05) is 20.8 Å². The lowest BCUT2D eigenvalue weighted by atomic mass is 10.1. The fraction of sp³-hybridized carbons (Fsp3) is 1.00. The standard InChI is InChI=1S/C15H32N2/c1-5-9-16-15(6-2)8-7-10-17-12-13(3)11-14(17)4/h13-16H,5-12H2,1-4H3. The van der Waals surface area contributed by atoms with Crippen molar-refractivity contribution in [3.05, 3.63) is 0 Å². The minimum absolute atomic E-state index is 0.741. The molecule has 3 unspecified atom stereocenters. The zero-order valence-corrected chi connectivity index (χ0v) is 12.3. The molecule has 1 heterocycles. The highest BCUT2D eigenvalue weighted by atomic mass is 15.2. The van der Waals surface area contributed by atoms with Crippen LogP contribution in [0.1, 0.15) is 59.8 Å². The van der Waals surface area contributed by atoms with Gasteiger partial charge in [-0.25, -0.2) is 0 Å². The summed E-state index contributed by atoms with van der Waals surface area (Å²) in [6.45, 7) is 13.1. The second-order valence-corrected chi connectivity index (χ2v) is 5.89. The smallest absolute Gasteiger partial charge is 0.00700 e. The third-order valence-corrected chi connectivity index (χ3v) is 4.09. The Labute approximate surface area is 108 Å². The zero-order chi connectivity index (χ0) is 12.7. The summed E-state index contributed by atoms with van der Waals surface area (Å²) in [5.41, 5.74) is 0. The molecule has 1 rings (SSSR count). The Morgan fingerprint density at radius 1 is 1.29 bits per heavy atom. The molecule has 0 bridgehead atoms. The predicted molar refractivity (Wildman–Crippen MR) is 76.4 cm³/mol. The van der Waals surface area contributed by atoms with Gasteiger partial charge >= 0.3 is 0 Å². The predicted octanol–water partition coefficient (Wildman–Crippen LogP) is 3.28. The fourth-order valence-electron chi connectivity index (χ4n) is 3.04. The molecule has 102 valence electrons. The molecule has 0 amide bonds. The van der Waals surface area contributed by atoms with Crippen molar-refractivity contribution in [2.45, 2.75) is 71.9 Å². The third-order valence-electron chi connectivity index (χ3n) is 4.09. The number of rotatable bonds is 8. The number of hydrogen-bond donors (Lipinski definition) is 1. The van der Waals surface area contributed by atoms with Crippen molar-refractivity contribution in [2.24, 2.45) is 5.92 Å². The van der Waals surface area contributed by atoms with Gasteiger partial charge in [-0.15, -0.1) is 0 Å². The summed E-state index contributed by atoms with van der Waals surface area (Å²) in [5, 5.41) is 3.65. The van der Waals surface area contributed by atoms with Gasteiger partial charge in [-0.05, 0) is 58.0 Å². The molecule has 0 aliphatic carbocycles. The van der Waals surface area contributed by atoms with E-state index in [1.54, 1.807) is 0 Å². The topological polar surface area (TPSA) is 15.3 Å². The van der Waals surface area contributed by atoms with Gasteiger partial charge in [0, 0.05) is 18.6 Å². The summed E-state index contributed by atoms with van der Waals surface area (Å²) in [6.07, 6.45) is 6.61. The van der Waals surface area contributed by atoms with Crippen molar-refractivity contribution >= 4 is 0 Å². The van der Waals surface area contributed by atoms with E-state index in [2.05, 4.69) is 37.9 Å². The van der Waals surface area contributed by atoms with Gasteiger partial charge in [0.15, 0.2) is 0 Å². The normalized spacial score (nSPS) is 27.5. The van der Waals surface area contributed by atoms with Crippen LogP contribution in [-0.4, -0.2) is 36.6 Å². The van der Waals surface area contributed by atoms with Crippen LogP contribution in [0.5, 0.6) is 0 Å². The van der Waals surface area contributed by atoms with E-state index < -0.39 is 0 Å². The molecule has 2 nitrogen and oxygen atoms in total. The highest BCUT2D eigenvalue weighted by molar-refractivity contribution is 4.80. The maximum Gasteiger partial charge on any atom is 0.00700 e. The van der Waals surface area contributed by atoms with Gasteiger partial charge in [0.25, 0.3) is 0 Å². The van der Waals surface area contributed by atoms with Crippen LogP contribution >= 0.6 is 0 Å². The molecule has 0 spiro atoms. The Morgan fingerprint density at radius 2 is 2.06 bits per heavy atom. The Balaban J connectivity index is 2.13. The molecule has 2 heteroatoms. The molecule has 0 aromatic heterocycles. The number of hydrogen-bond acceptors (Lipinski definition) is 2. The van der Waals surface area contributed by atoms with E-state index in [1.807, 2.05) is 0 Å². The van der Waals surface area contributed by atoms with E-state index in [0.29, 0.717) is 0 Å². The van der Waals surface area contributed by atoms with Crippen molar-refractivity contribution in [3.63, 3.8) is 0 Å². The van der Waals surface area contributed by atoms with E-state index in [9.17, 15) is 0 Å². The molecule has 0 aromatic rings. The summed E-state index contributed by atoms with van der Waals surface area (Å²) in [5.74, 6) is 0.908. The first-order valence-corrected chi connectivity index (χ1v) is 7.64. The van der Waals surface area contributed by atoms with Crippen LogP contribution in [-0.2, 0) is 0 Å². The highest BCUT2D eigenvalue weighted by Gasteiger charge is 2.25.